The largest absolute Gasteiger partial charge is 0.508 e. The Kier molecular flexibility index (Phi) is 4.98. The number of carbonyl (C=O) groups excluding carboxylic acids is 1. The predicted octanol–water partition coefficient (Wildman–Crippen LogP) is 0.946. The zero-order valence-electron chi connectivity index (χ0n) is 11.7. The standard InChI is InChI=1S/C15H22N2O3/c1-10(14-3-2-8-20-14)17-15(19)13(16)9-11-4-6-12(18)7-5-11/h4-7,10,13-14,18H,2-3,8-9,16H2,1H3,(H,17,19)/t10?,13-,14?/m0/s1. The normalized spacial score (nSPS) is 21.4. The van der Waals surface area contributed by atoms with Gasteiger partial charge in [-0.25, -0.2) is 0 Å². The molecule has 0 spiro atoms. The van der Waals surface area contributed by atoms with Crippen molar-refractivity contribution < 1.29 is 14.6 Å². The lowest BCUT2D eigenvalue weighted by molar-refractivity contribution is -0.123. The molecule has 1 heterocycles. The van der Waals surface area contributed by atoms with Crippen LogP contribution >= 0.6 is 0 Å². The van der Waals surface area contributed by atoms with Crippen LogP contribution in [0.1, 0.15) is 25.3 Å². The van der Waals surface area contributed by atoms with Gasteiger partial charge in [0.1, 0.15) is 5.75 Å². The molecule has 1 fully saturated rings. The van der Waals surface area contributed by atoms with Crippen molar-refractivity contribution in [1.82, 2.24) is 5.32 Å². The van der Waals surface area contributed by atoms with Gasteiger partial charge in [0.15, 0.2) is 0 Å². The van der Waals surface area contributed by atoms with Crippen LogP contribution in [0.25, 0.3) is 0 Å². The van der Waals surface area contributed by atoms with E-state index in [0.717, 1.165) is 25.0 Å². The Balaban J connectivity index is 1.83. The predicted molar refractivity (Wildman–Crippen MR) is 76.4 cm³/mol. The van der Waals surface area contributed by atoms with E-state index in [1.54, 1.807) is 24.3 Å². The van der Waals surface area contributed by atoms with Gasteiger partial charge in [0.05, 0.1) is 18.2 Å². The van der Waals surface area contributed by atoms with Gasteiger partial charge >= 0.3 is 0 Å². The van der Waals surface area contributed by atoms with E-state index in [0.29, 0.717) is 6.42 Å². The second kappa shape index (κ2) is 6.72. The number of rotatable bonds is 5. The van der Waals surface area contributed by atoms with Crippen LogP contribution in [0.5, 0.6) is 5.75 Å². The van der Waals surface area contributed by atoms with Crippen LogP contribution in [0.4, 0.5) is 0 Å². The topological polar surface area (TPSA) is 84.6 Å². The maximum Gasteiger partial charge on any atom is 0.237 e. The highest BCUT2D eigenvalue weighted by atomic mass is 16.5. The zero-order valence-corrected chi connectivity index (χ0v) is 11.7. The first-order valence-electron chi connectivity index (χ1n) is 7.01. The minimum Gasteiger partial charge on any atom is -0.508 e. The Morgan fingerprint density at radius 1 is 1.50 bits per heavy atom. The molecule has 5 nitrogen and oxygen atoms in total. The summed E-state index contributed by atoms with van der Waals surface area (Å²) in [4.78, 5) is 12.0. The van der Waals surface area contributed by atoms with Crippen molar-refractivity contribution >= 4 is 5.91 Å². The summed E-state index contributed by atoms with van der Waals surface area (Å²) in [6.45, 7) is 2.71. The lowest BCUT2D eigenvalue weighted by atomic mass is 10.0. The summed E-state index contributed by atoms with van der Waals surface area (Å²) in [5.41, 5.74) is 6.85. The quantitative estimate of drug-likeness (QED) is 0.748. The van der Waals surface area contributed by atoms with Gasteiger partial charge < -0.3 is 20.9 Å². The molecular formula is C15H22N2O3. The van der Waals surface area contributed by atoms with E-state index in [-0.39, 0.29) is 23.8 Å². The molecule has 2 rings (SSSR count). The molecule has 2 unspecified atom stereocenters. The second-order valence-electron chi connectivity index (χ2n) is 5.33. The SMILES string of the molecule is CC(NC(=O)[C@@H](N)Cc1ccc(O)cc1)C1CCCO1. The minimum absolute atomic E-state index is 0.0177. The average Bonchev–Trinajstić information content (AvgIpc) is 2.95. The fourth-order valence-electron chi connectivity index (χ4n) is 2.40. The van der Waals surface area contributed by atoms with E-state index < -0.39 is 6.04 Å². The van der Waals surface area contributed by atoms with E-state index in [9.17, 15) is 9.90 Å². The molecule has 1 aliphatic heterocycles. The minimum atomic E-state index is -0.594. The van der Waals surface area contributed by atoms with Crippen LogP contribution in [-0.2, 0) is 16.0 Å². The van der Waals surface area contributed by atoms with Gasteiger partial charge in [-0.1, -0.05) is 12.1 Å². The summed E-state index contributed by atoms with van der Waals surface area (Å²) in [6, 6.07) is 6.11. The van der Waals surface area contributed by atoms with Crippen molar-refractivity contribution in [1.29, 1.82) is 0 Å². The van der Waals surface area contributed by atoms with Crippen LogP contribution in [0.2, 0.25) is 0 Å². The number of amides is 1. The van der Waals surface area contributed by atoms with Crippen LogP contribution < -0.4 is 11.1 Å². The maximum atomic E-state index is 12.0. The van der Waals surface area contributed by atoms with Crippen LogP contribution in [0.3, 0.4) is 0 Å². The van der Waals surface area contributed by atoms with Gasteiger partial charge in [-0.05, 0) is 43.9 Å². The van der Waals surface area contributed by atoms with E-state index in [1.807, 2.05) is 6.92 Å². The Bertz CT molecular complexity index is 441. The molecule has 0 radical (unpaired) electrons. The summed E-state index contributed by atoms with van der Waals surface area (Å²) in [5.74, 6) is 0.0415. The lowest BCUT2D eigenvalue weighted by Crippen LogP contribution is -2.49. The van der Waals surface area contributed by atoms with E-state index >= 15 is 0 Å². The van der Waals surface area contributed by atoms with Crippen molar-refractivity contribution in [3.63, 3.8) is 0 Å². The monoisotopic (exact) mass is 278 g/mol. The van der Waals surface area contributed by atoms with Crippen molar-refractivity contribution in [3.05, 3.63) is 29.8 Å². The van der Waals surface area contributed by atoms with Crippen molar-refractivity contribution in [2.24, 2.45) is 5.73 Å². The molecule has 1 amide bonds. The molecule has 4 N–H and O–H groups in total. The smallest absolute Gasteiger partial charge is 0.237 e. The van der Waals surface area contributed by atoms with Crippen LogP contribution in [-0.4, -0.2) is 35.8 Å². The van der Waals surface area contributed by atoms with Gasteiger partial charge in [-0.2, -0.15) is 0 Å². The summed E-state index contributed by atoms with van der Waals surface area (Å²) in [6.07, 6.45) is 2.57. The molecule has 5 heteroatoms. The molecule has 1 aliphatic rings. The zero-order chi connectivity index (χ0) is 14.5. The molecule has 0 aromatic heterocycles. The molecule has 3 atom stereocenters. The van der Waals surface area contributed by atoms with Crippen molar-refractivity contribution in [2.75, 3.05) is 6.61 Å². The number of aromatic hydroxyl groups is 1. The molecule has 20 heavy (non-hydrogen) atoms. The summed E-state index contributed by atoms with van der Waals surface area (Å²) in [7, 11) is 0. The maximum absolute atomic E-state index is 12.0. The first-order valence-corrected chi connectivity index (χ1v) is 7.01. The third-order valence-corrected chi connectivity index (χ3v) is 3.62. The van der Waals surface area contributed by atoms with Crippen LogP contribution in [0, 0.1) is 0 Å². The fourth-order valence-corrected chi connectivity index (χ4v) is 2.40. The molecule has 1 aromatic rings. The number of phenols is 1. The number of ether oxygens (including phenoxy) is 1. The fraction of sp³-hybridized carbons (Fsp3) is 0.533. The number of hydrogen-bond donors (Lipinski definition) is 3. The number of benzene rings is 1. The summed E-state index contributed by atoms with van der Waals surface area (Å²) >= 11 is 0. The Hall–Kier alpha value is -1.59. The number of nitrogens with two attached hydrogens (primary N) is 1. The van der Waals surface area contributed by atoms with Gasteiger partial charge in [0.2, 0.25) is 5.91 Å². The molecule has 0 aliphatic carbocycles. The number of hydrogen-bond acceptors (Lipinski definition) is 4. The van der Waals surface area contributed by atoms with Gasteiger partial charge in [-0.15, -0.1) is 0 Å². The lowest BCUT2D eigenvalue weighted by Gasteiger charge is -2.22. The highest BCUT2D eigenvalue weighted by Crippen LogP contribution is 2.15. The van der Waals surface area contributed by atoms with Gasteiger partial charge in [0.25, 0.3) is 0 Å². The van der Waals surface area contributed by atoms with Crippen molar-refractivity contribution in [3.8, 4) is 5.75 Å². The van der Waals surface area contributed by atoms with Gasteiger partial charge in [-0.3, -0.25) is 4.79 Å². The van der Waals surface area contributed by atoms with E-state index in [2.05, 4.69) is 5.32 Å². The Labute approximate surface area is 119 Å². The molecule has 1 saturated heterocycles. The average molecular weight is 278 g/mol. The van der Waals surface area contributed by atoms with Crippen LogP contribution in [0.15, 0.2) is 24.3 Å². The molecule has 0 saturated carbocycles. The Morgan fingerprint density at radius 2 is 2.20 bits per heavy atom. The molecular weight excluding hydrogens is 256 g/mol. The number of phenolic OH excluding ortho intramolecular Hbond substituents is 1. The molecule has 110 valence electrons. The number of nitrogens with one attached hydrogen (secondary N) is 1. The summed E-state index contributed by atoms with van der Waals surface area (Å²) < 4.78 is 5.54. The van der Waals surface area contributed by atoms with E-state index in [4.69, 9.17) is 10.5 Å². The molecule has 1 aromatic carbocycles. The third kappa shape index (κ3) is 3.95. The number of carbonyl (C=O) groups is 1. The second-order valence-corrected chi connectivity index (χ2v) is 5.33. The van der Waals surface area contributed by atoms with Gasteiger partial charge in [0, 0.05) is 6.61 Å². The van der Waals surface area contributed by atoms with Crippen molar-refractivity contribution in [2.45, 2.75) is 44.4 Å². The Morgan fingerprint density at radius 3 is 2.80 bits per heavy atom. The first-order chi connectivity index (χ1) is 9.56. The highest BCUT2D eigenvalue weighted by molar-refractivity contribution is 5.82. The summed E-state index contributed by atoms with van der Waals surface area (Å²) in [5, 5.41) is 12.1. The third-order valence-electron chi connectivity index (χ3n) is 3.62. The highest BCUT2D eigenvalue weighted by Gasteiger charge is 2.25. The molecule has 0 bridgehead atoms. The first kappa shape index (κ1) is 14.8. The van der Waals surface area contributed by atoms with E-state index in [1.165, 1.54) is 0 Å².